The van der Waals surface area contributed by atoms with Gasteiger partial charge in [-0.1, -0.05) is 34.6 Å². The van der Waals surface area contributed by atoms with Crippen LogP contribution in [0.2, 0.25) is 0 Å². The van der Waals surface area contributed by atoms with Gasteiger partial charge in [0.15, 0.2) is 0 Å². The molecule has 10 heteroatoms. The van der Waals surface area contributed by atoms with Crippen LogP contribution in [0.4, 0.5) is 8.78 Å². The number of carbonyl (C=O) groups is 3. The first-order chi connectivity index (χ1) is 20.4. The number of hydrogen-bond acceptors (Lipinski definition) is 5. The molecule has 2 aromatic rings. The summed E-state index contributed by atoms with van der Waals surface area (Å²) in [5, 5.41) is 15.6. The second kappa shape index (κ2) is 17.7. The first kappa shape index (κ1) is 35.8. The lowest BCUT2D eigenvalue weighted by Crippen LogP contribution is -2.53. The Hall–Kier alpha value is -3.37. The van der Waals surface area contributed by atoms with Crippen LogP contribution in [0.5, 0.6) is 0 Å². The highest BCUT2D eigenvalue weighted by Crippen LogP contribution is 2.16. The van der Waals surface area contributed by atoms with E-state index in [-0.39, 0.29) is 35.9 Å². The van der Waals surface area contributed by atoms with Crippen molar-refractivity contribution < 1.29 is 28.3 Å². The lowest BCUT2D eigenvalue weighted by molar-refractivity contribution is -0.126. The zero-order valence-electron chi connectivity index (χ0n) is 26.4. The Kier molecular flexibility index (Phi) is 14.7. The fourth-order valence-corrected chi connectivity index (χ4v) is 4.85. The van der Waals surface area contributed by atoms with Crippen molar-refractivity contribution in [3.8, 4) is 0 Å². The van der Waals surface area contributed by atoms with Gasteiger partial charge in [-0.25, -0.2) is 13.8 Å². The van der Waals surface area contributed by atoms with E-state index in [1.54, 1.807) is 29.0 Å². The summed E-state index contributed by atoms with van der Waals surface area (Å²) in [6.45, 7) is 13.2. The highest BCUT2D eigenvalue weighted by Gasteiger charge is 2.26. The van der Waals surface area contributed by atoms with Crippen molar-refractivity contribution in [3.63, 3.8) is 0 Å². The van der Waals surface area contributed by atoms with E-state index in [0.717, 1.165) is 36.6 Å². The number of nitrogens with one attached hydrogen (secondary N) is 2. The number of amides is 3. The summed E-state index contributed by atoms with van der Waals surface area (Å²) in [5.74, 6) is -2.08. The van der Waals surface area contributed by atoms with Gasteiger partial charge in [-0.15, -0.1) is 0 Å². The van der Waals surface area contributed by atoms with Crippen LogP contribution in [0.15, 0.2) is 36.4 Å². The third-order valence-electron chi connectivity index (χ3n) is 7.04. The molecule has 0 spiro atoms. The van der Waals surface area contributed by atoms with Gasteiger partial charge in [-0.3, -0.25) is 19.8 Å². The smallest absolute Gasteiger partial charge is 0.253 e. The molecule has 0 aliphatic carbocycles. The van der Waals surface area contributed by atoms with Gasteiger partial charge in [0.25, 0.3) is 11.8 Å². The Balaban J connectivity index is 2.32. The lowest BCUT2D eigenvalue weighted by Gasteiger charge is -2.30. The maximum Gasteiger partial charge on any atom is 0.253 e. The van der Waals surface area contributed by atoms with E-state index in [1.165, 1.54) is 6.07 Å². The maximum absolute atomic E-state index is 14.0. The fourth-order valence-electron chi connectivity index (χ4n) is 4.85. The van der Waals surface area contributed by atoms with Crippen LogP contribution >= 0.6 is 0 Å². The van der Waals surface area contributed by atoms with Crippen LogP contribution in [0.25, 0.3) is 0 Å². The van der Waals surface area contributed by atoms with Crippen molar-refractivity contribution in [1.82, 2.24) is 20.7 Å². The van der Waals surface area contributed by atoms with Crippen LogP contribution in [-0.2, 0) is 11.2 Å². The molecule has 2 atom stereocenters. The molecule has 2 rings (SSSR count). The number of rotatable bonds is 17. The second-order valence-corrected chi connectivity index (χ2v) is 11.5. The Morgan fingerprint density at radius 2 is 1.51 bits per heavy atom. The van der Waals surface area contributed by atoms with Crippen LogP contribution in [-0.4, -0.2) is 71.1 Å². The predicted octanol–water partition coefficient (Wildman–Crippen LogP) is 5.03. The van der Waals surface area contributed by atoms with E-state index in [1.807, 2.05) is 34.6 Å². The number of nitrogens with zero attached hydrogens (tertiary/aromatic N) is 2. The molecule has 3 amide bonds. The van der Waals surface area contributed by atoms with Gasteiger partial charge >= 0.3 is 0 Å². The Morgan fingerprint density at radius 1 is 0.907 bits per heavy atom. The van der Waals surface area contributed by atoms with E-state index < -0.39 is 29.7 Å². The third kappa shape index (κ3) is 12.0. The van der Waals surface area contributed by atoms with Gasteiger partial charge in [0, 0.05) is 49.8 Å². The highest BCUT2D eigenvalue weighted by atomic mass is 19.1. The number of aryl methyl sites for hydroxylation is 1. The Morgan fingerprint density at radius 3 is 2.07 bits per heavy atom. The van der Waals surface area contributed by atoms with Gasteiger partial charge in [0.05, 0.1) is 12.1 Å². The molecule has 8 nitrogen and oxygen atoms in total. The van der Waals surface area contributed by atoms with Crippen LogP contribution in [0.1, 0.15) is 92.1 Å². The molecule has 0 aliphatic heterocycles. The number of likely N-dealkylation sites (N-methyl/N-ethyl adjacent to an activating group) is 1. The number of carbonyl (C=O) groups excluding carboxylic acids is 3. The Bertz CT molecular complexity index is 1200. The standard InChI is InChI=1S/C33H48F2N4O4/c1-7-12-38(13-8-2)33(43)26-15-23(6)14-25(19-26)32(42)36-29(18-24-16-27(34)20-28(35)17-24)30(40)21-39(9-3)37-31(41)11-10-22(4)5/h14-17,19-20,22,29-30,40H,7-13,18,21H2,1-6H3,(H,36,42)(H,37,41)/t29-,30-/m0/s1. The maximum atomic E-state index is 14.0. The van der Waals surface area contributed by atoms with E-state index in [4.69, 9.17) is 0 Å². The fraction of sp³-hybridized carbons (Fsp3) is 0.545. The highest BCUT2D eigenvalue weighted by molar-refractivity contribution is 6.00. The molecule has 0 saturated heterocycles. The number of aliphatic hydroxyl groups excluding tert-OH is 1. The number of benzene rings is 2. The van der Waals surface area contributed by atoms with Crippen molar-refractivity contribution in [1.29, 1.82) is 0 Å². The van der Waals surface area contributed by atoms with Gasteiger partial charge < -0.3 is 15.3 Å². The summed E-state index contributed by atoms with van der Waals surface area (Å²) in [6.07, 6.45) is 1.37. The van der Waals surface area contributed by atoms with Crippen molar-refractivity contribution in [2.45, 2.75) is 85.8 Å². The quantitative estimate of drug-likeness (QED) is 0.221. The number of hydrogen-bond donors (Lipinski definition) is 3. The minimum absolute atomic E-state index is 0.0345. The summed E-state index contributed by atoms with van der Waals surface area (Å²) in [7, 11) is 0. The van der Waals surface area contributed by atoms with Gasteiger partial charge in [0.1, 0.15) is 11.6 Å². The first-order valence-corrected chi connectivity index (χ1v) is 15.3. The average molecular weight is 603 g/mol. The molecule has 0 heterocycles. The molecule has 0 aliphatic rings. The van der Waals surface area contributed by atoms with E-state index in [2.05, 4.69) is 10.7 Å². The zero-order valence-corrected chi connectivity index (χ0v) is 26.4. The van der Waals surface area contributed by atoms with Gasteiger partial charge in [-0.2, -0.15) is 0 Å². The molecular weight excluding hydrogens is 554 g/mol. The Labute approximate surface area is 254 Å². The molecule has 2 aromatic carbocycles. The van der Waals surface area contributed by atoms with Crippen LogP contribution in [0, 0.1) is 24.5 Å². The average Bonchev–Trinajstić information content (AvgIpc) is 2.93. The summed E-state index contributed by atoms with van der Waals surface area (Å²) in [4.78, 5) is 41.0. The molecular formula is C33H48F2N4O4. The van der Waals surface area contributed by atoms with E-state index in [9.17, 15) is 28.3 Å². The zero-order chi connectivity index (χ0) is 32.1. The molecule has 0 aromatic heterocycles. The van der Waals surface area contributed by atoms with Gasteiger partial charge in [-0.05, 0) is 80.0 Å². The summed E-state index contributed by atoms with van der Waals surface area (Å²) in [5.41, 5.74) is 4.38. The third-order valence-corrected chi connectivity index (χ3v) is 7.04. The summed E-state index contributed by atoms with van der Waals surface area (Å²) in [6, 6.07) is 7.01. The molecule has 0 fully saturated rings. The molecule has 3 N–H and O–H groups in total. The van der Waals surface area contributed by atoms with Crippen molar-refractivity contribution in [3.05, 3.63) is 70.3 Å². The molecule has 0 bridgehead atoms. The number of halogens is 2. The number of hydrazine groups is 1. The normalized spacial score (nSPS) is 12.7. The molecule has 0 saturated carbocycles. The summed E-state index contributed by atoms with van der Waals surface area (Å²) < 4.78 is 28.0. The minimum atomic E-state index is -1.21. The second-order valence-electron chi connectivity index (χ2n) is 11.5. The topological polar surface area (TPSA) is 102 Å². The largest absolute Gasteiger partial charge is 0.390 e. The minimum Gasteiger partial charge on any atom is -0.390 e. The molecule has 238 valence electrons. The van der Waals surface area contributed by atoms with Crippen molar-refractivity contribution in [2.75, 3.05) is 26.2 Å². The summed E-state index contributed by atoms with van der Waals surface area (Å²) >= 11 is 0. The van der Waals surface area contributed by atoms with Gasteiger partial charge in [0.2, 0.25) is 5.91 Å². The first-order valence-electron chi connectivity index (χ1n) is 15.3. The molecule has 0 radical (unpaired) electrons. The molecule has 0 unspecified atom stereocenters. The van der Waals surface area contributed by atoms with E-state index >= 15 is 0 Å². The van der Waals surface area contributed by atoms with E-state index in [0.29, 0.717) is 44.0 Å². The number of aliphatic hydroxyl groups is 1. The van der Waals surface area contributed by atoms with Crippen molar-refractivity contribution >= 4 is 17.7 Å². The van der Waals surface area contributed by atoms with Crippen LogP contribution in [0.3, 0.4) is 0 Å². The van der Waals surface area contributed by atoms with Crippen LogP contribution < -0.4 is 10.7 Å². The lowest BCUT2D eigenvalue weighted by atomic mass is 9.99. The SMILES string of the molecule is CCCN(CCC)C(=O)c1cc(C)cc(C(=O)N[C@@H](Cc2cc(F)cc(F)c2)[C@@H](O)CN(CC)NC(=O)CCC(C)C)c1. The predicted molar refractivity (Wildman–Crippen MR) is 164 cm³/mol. The molecule has 43 heavy (non-hydrogen) atoms. The van der Waals surface area contributed by atoms with Crippen molar-refractivity contribution in [2.24, 2.45) is 5.92 Å². The monoisotopic (exact) mass is 602 g/mol.